The number of Topliss-reactive ketones (excluding diaryl/α,β-unsaturated/α-hetero) is 1. The zero-order chi connectivity index (χ0) is 18.2. The lowest BCUT2D eigenvalue weighted by Gasteiger charge is -2.12. The van der Waals surface area contributed by atoms with Gasteiger partial charge in [0.25, 0.3) is 0 Å². The number of fused-ring (bicyclic) bond motifs is 1. The van der Waals surface area contributed by atoms with Crippen LogP contribution in [0.3, 0.4) is 0 Å². The Morgan fingerprint density at radius 2 is 1.84 bits per heavy atom. The maximum atomic E-state index is 12.6. The Morgan fingerprint density at radius 3 is 2.48 bits per heavy atom. The van der Waals surface area contributed by atoms with Gasteiger partial charge < -0.3 is 4.18 Å². The number of hydrogen-bond acceptors (Lipinski definition) is 6. The van der Waals surface area contributed by atoms with Gasteiger partial charge in [-0.25, -0.2) is 4.98 Å². The highest BCUT2D eigenvalue weighted by molar-refractivity contribution is 9.10. The number of rotatable bonds is 4. The zero-order valence-corrected chi connectivity index (χ0v) is 15.8. The summed E-state index contributed by atoms with van der Waals surface area (Å²) in [7, 11) is -4.14. The Morgan fingerprint density at radius 1 is 1.16 bits per heavy atom. The number of carbonyl (C=O) groups is 1. The number of carbonyl (C=O) groups excluding carboxylic acids is 1. The van der Waals surface area contributed by atoms with Crippen molar-refractivity contribution < 1.29 is 17.4 Å². The van der Waals surface area contributed by atoms with Crippen LogP contribution in [0.25, 0.3) is 10.9 Å². The second kappa shape index (κ2) is 6.53. The molecule has 25 heavy (non-hydrogen) atoms. The van der Waals surface area contributed by atoms with Gasteiger partial charge in [-0.2, -0.15) is 8.42 Å². The predicted molar refractivity (Wildman–Crippen MR) is 96.2 cm³/mol. The van der Waals surface area contributed by atoms with Gasteiger partial charge in [-0.1, -0.05) is 17.7 Å². The topological polar surface area (TPSA) is 86.2 Å². The van der Waals surface area contributed by atoms with Crippen molar-refractivity contribution in [2.24, 2.45) is 0 Å². The van der Waals surface area contributed by atoms with Crippen molar-refractivity contribution >= 4 is 42.7 Å². The van der Waals surface area contributed by atoms with Crippen molar-refractivity contribution in [3.63, 3.8) is 0 Å². The Balaban J connectivity index is 2.21. The molecule has 0 fully saturated rings. The smallest absolute Gasteiger partial charge is 0.339 e. The second-order valence-electron chi connectivity index (χ2n) is 5.39. The number of hydrogen-bond donors (Lipinski definition) is 0. The van der Waals surface area contributed by atoms with E-state index in [-0.39, 0.29) is 21.9 Å². The van der Waals surface area contributed by atoms with E-state index in [4.69, 9.17) is 4.18 Å². The molecular weight excluding hydrogens is 408 g/mol. The molecule has 0 N–H and O–H groups in total. The van der Waals surface area contributed by atoms with Crippen molar-refractivity contribution in [3.8, 4) is 5.75 Å². The summed E-state index contributed by atoms with van der Waals surface area (Å²) in [6.07, 6.45) is 1.49. The van der Waals surface area contributed by atoms with E-state index in [1.165, 1.54) is 25.3 Å². The van der Waals surface area contributed by atoms with Gasteiger partial charge in [-0.15, -0.1) is 0 Å². The Hall–Kier alpha value is -2.32. The molecule has 0 amide bonds. The summed E-state index contributed by atoms with van der Waals surface area (Å²) in [6.45, 7) is 3.14. The first-order valence-corrected chi connectivity index (χ1v) is 9.46. The third-order valence-corrected chi connectivity index (χ3v) is 5.35. The van der Waals surface area contributed by atoms with E-state index in [0.29, 0.717) is 9.99 Å². The fraction of sp³-hybridized carbons (Fsp3) is 0.118. The van der Waals surface area contributed by atoms with Gasteiger partial charge in [-0.05, 0) is 47.1 Å². The lowest BCUT2D eigenvalue weighted by atomic mass is 10.2. The molecule has 1 aromatic carbocycles. The van der Waals surface area contributed by atoms with Crippen LogP contribution in [0.5, 0.6) is 5.75 Å². The fourth-order valence-corrected chi connectivity index (χ4v) is 3.69. The molecule has 8 heteroatoms. The van der Waals surface area contributed by atoms with Crippen LogP contribution in [0.1, 0.15) is 23.0 Å². The predicted octanol–water partition coefficient (Wildman–Crippen LogP) is 3.67. The largest absolute Gasteiger partial charge is 0.374 e. The molecule has 0 radical (unpaired) electrons. The quantitative estimate of drug-likeness (QED) is 0.363. The van der Waals surface area contributed by atoms with Crippen LogP contribution in [0, 0.1) is 6.92 Å². The normalized spacial score (nSPS) is 11.5. The summed E-state index contributed by atoms with van der Waals surface area (Å²) in [5.41, 5.74) is 1.06. The Kier molecular flexibility index (Phi) is 4.57. The maximum Gasteiger partial charge on any atom is 0.339 e. The Labute approximate surface area is 153 Å². The molecule has 6 nitrogen and oxygen atoms in total. The number of aryl methyl sites for hydroxylation is 1. The summed E-state index contributed by atoms with van der Waals surface area (Å²) in [5.74, 6) is -0.603. The maximum absolute atomic E-state index is 12.6. The molecule has 0 aliphatic heterocycles. The molecule has 0 saturated heterocycles. The first-order valence-electron chi connectivity index (χ1n) is 7.26. The molecule has 0 bridgehead atoms. The van der Waals surface area contributed by atoms with Gasteiger partial charge in [0.1, 0.15) is 15.0 Å². The highest BCUT2D eigenvalue weighted by Gasteiger charge is 2.25. The van der Waals surface area contributed by atoms with E-state index < -0.39 is 15.9 Å². The molecule has 0 aliphatic carbocycles. The second-order valence-corrected chi connectivity index (χ2v) is 7.68. The third-order valence-electron chi connectivity index (χ3n) is 3.51. The fourth-order valence-electron chi connectivity index (χ4n) is 2.25. The third kappa shape index (κ3) is 3.40. The lowest BCUT2D eigenvalue weighted by Crippen LogP contribution is -2.14. The zero-order valence-electron chi connectivity index (χ0n) is 13.4. The number of aromatic nitrogens is 2. The molecule has 0 saturated carbocycles. The molecule has 2 heterocycles. The monoisotopic (exact) mass is 420 g/mol. The van der Waals surface area contributed by atoms with Gasteiger partial charge >= 0.3 is 10.1 Å². The van der Waals surface area contributed by atoms with Crippen LogP contribution >= 0.6 is 15.9 Å². The van der Waals surface area contributed by atoms with Crippen molar-refractivity contribution in [2.75, 3.05) is 0 Å². The average molecular weight is 421 g/mol. The highest BCUT2D eigenvalue weighted by Crippen LogP contribution is 2.33. The van der Waals surface area contributed by atoms with E-state index in [0.717, 1.165) is 5.56 Å². The molecule has 0 aliphatic rings. The number of pyridine rings is 2. The van der Waals surface area contributed by atoms with Gasteiger partial charge in [0.15, 0.2) is 17.2 Å². The molecular formula is C17H13BrN2O4S. The van der Waals surface area contributed by atoms with Crippen LogP contribution in [0.2, 0.25) is 0 Å². The molecule has 0 unspecified atom stereocenters. The number of halogens is 1. The minimum Gasteiger partial charge on any atom is -0.374 e. The summed E-state index contributed by atoms with van der Waals surface area (Å²) in [4.78, 5) is 20.2. The van der Waals surface area contributed by atoms with E-state index in [2.05, 4.69) is 25.9 Å². The highest BCUT2D eigenvalue weighted by atomic mass is 79.9. The van der Waals surface area contributed by atoms with Crippen molar-refractivity contribution in [3.05, 3.63) is 58.5 Å². The van der Waals surface area contributed by atoms with Crippen LogP contribution in [-0.2, 0) is 10.1 Å². The van der Waals surface area contributed by atoms with Gasteiger partial charge in [0.2, 0.25) is 0 Å². The van der Waals surface area contributed by atoms with E-state index in [1.807, 2.05) is 6.92 Å². The summed E-state index contributed by atoms with van der Waals surface area (Å²) < 4.78 is 30.9. The van der Waals surface area contributed by atoms with Gasteiger partial charge in [-0.3, -0.25) is 9.78 Å². The lowest BCUT2D eigenvalue weighted by molar-refractivity contribution is 0.101. The first kappa shape index (κ1) is 17.5. The first-order chi connectivity index (χ1) is 11.8. The molecule has 3 aromatic rings. The molecule has 0 atom stereocenters. The number of ketones is 1. The standard InChI is InChI=1S/C17H13BrN2O4S/c1-10-5-7-12(8-6-10)25(22,23)24-16-14(11(2)21)20-17(18)13-4-3-9-19-15(13)16/h3-9H,1-2H3. The number of benzene rings is 1. The average Bonchev–Trinajstić information content (AvgIpc) is 2.57. The van der Waals surface area contributed by atoms with Crippen LogP contribution in [0.15, 0.2) is 52.1 Å². The van der Waals surface area contributed by atoms with Crippen molar-refractivity contribution in [2.45, 2.75) is 18.7 Å². The number of nitrogens with zero attached hydrogens (tertiary/aromatic N) is 2. The molecule has 0 spiro atoms. The SMILES string of the molecule is CC(=O)c1nc(Br)c2cccnc2c1OS(=O)(=O)c1ccc(C)cc1. The summed E-state index contributed by atoms with van der Waals surface area (Å²) >= 11 is 3.27. The van der Waals surface area contributed by atoms with Crippen LogP contribution in [0.4, 0.5) is 0 Å². The molecule has 128 valence electrons. The van der Waals surface area contributed by atoms with E-state index in [9.17, 15) is 13.2 Å². The van der Waals surface area contributed by atoms with E-state index in [1.54, 1.807) is 24.3 Å². The Bertz CT molecular complexity index is 1080. The van der Waals surface area contributed by atoms with E-state index >= 15 is 0 Å². The minimum atomic E-state index is -4.14. The van der Waals surface area contributed by atoms with Crippen LogP contribution < -0.4 is 4.18 Å². The summed E-state index contributed by atoms with van der Waals surface area (Å²) in [6, 6.07) is 9.60. The summed E-state index contributed by atoms with van der Waals surface area (Å²) in [5, 5.41) is 0.543. The van der Waals surface area contributed by atoms with Crippen molar-refractivity contribution in [1.82, 2.24) is 9.97 Å². The molecule has 2 aromatic heterocycles. The minimum absolute atomic E-state index is 0.0143. The van der Waals surface area contributed by atoms with Gasteiger partial charge in [0, 0.05) is 18.5 Å². The molecule has 3 rings (SSSR count). The van der Waals surface area contributed by atoms with Gasteiger partial charge in [0.05, 0.1) is 0 Å². The van der Waals surface area contributed by atoms with Crippen LogP contribution in [-0.4, -0.2) is 24.2 Å². The van der Waals surface area contributed by atoms with Crippen molar-refractivity contribution in [1.29, 1.82) is 0 Å².